The molecule has 0 atom stereocenters. The van der Waals surface area contributed by atoms with E-state index in [9.17, 15) is 18.0 Å². The maximum Gasteiger partial charge on any atom is 0.243 e. The van der Waals surface area contributed by atoms with Gasteiger partial charge >= 0.3 is 0 Å². The van der Waals surface area contributed by atoms with Crippen LogP contribution >= 0.6 is 11.8 Å². The minimum absolute atomic E-state index is 0.113. The zero-order valence-corrected chi connectivity index (χ0v) is 20.3. The molecule has 0 saturated carbocycles. The van der Waals surface area contributed by atoms with Crippen LogP contribution in [0, 0.1) is 0 Å². The highest BCUT2D eigenvalue weighted by molar-refractivity contribution is 7.99. The second-order valence-corrected chi connectivity index (χ2v) is 10.7. The van der Waals surface area contributed by atoms with E-state index in [2.05, 4.69) is 15.5 Å². The van der Waals surface area contributed by atoms with Crippen molar-refractivity contribution in [1.29, 1.82) is 0 Å². The Balaban J connectivity index is 1.56. The van der Waals surface area contributed by atoms with Crippen LogP contribution in [0.15, 0.2) is 34.3 Å². The van der Waals surface area contributed by atoms with E-state index in [1.54, 1.807) is 16.4 Å². The number of nitrogens with one attached hydrogen (secondary N) is 1. The molecule has 1 aliphatic heterocycles. The first-order valence-corrected chi connectivity index (χ1v) is 13.5. The van der Waals surface area contributed by atoms with Gasteiger partial charge in [0.1, 0.15) is 5.82 Å². The first-order valence-electron chi connectivity index (χ1n) is 11.0. The molecule has 1 fully saturated rings. The molecule has 1 aliphatic rings. The number of nitrogens with two attached hydrogens (primary N) is 1. The van der Waals surface area contributed by atoms with Crippen LogP contribution in [0.3, 0.4) is 0 Å². The molecule has 33 heavy (non-hydrogen) atoms. The van der Waals surface area contributed by atoms with E-state index in [1.807, 2.05) is 11.5 Å². The number of carbonyl (C=O) groups is 2. The van der Waals surface area contributed by atoms with Crippen molar-refractivity contribution in [2.75, 3.05) is 24.2 Å². The summed E-state index contributed by atoms with van der Waals surface area (Å²) in [5, 5.41) is 11.6. The van der Waals surface area contributed by atoms with Crippen molar-refractivity contribution < 1.29 is 18.0 Å². The van der Waals surface area contributed by atoms with Gasteiger partial charge in [0, 0.05) is 38.2 Å². The van der Waals surface area contributed by atoms with Gasteiger partial charge in [-0.05, 0) is 44.0 Å². The molecule has 2 aromatic rings. The van der Waals surface area contributed by atoms with Gasteiger partial charge in [-0.3, -0.25) is 9.59 Å². The van der Waals surface area contributed by atoms with E-state index in [0.29, 0.717) is 42.7 Å². The number of aryl methyl sites for hydroxylation is 1. The Morgan fingerprint density at radius 2 is 1.76 bits per heavy atom. The zero-order valence-electron chi connectivity index (χ0n) is 18.7. The van der Waals surface area contributed by atoms with Crippen LogP contribution in [0.25, 0.3) is 0 Å². The van der Waals surface area contributed by atoms with Crippen LogP contribution in [-0.2, 0) is 32.6 Å². The lowest BCUT2D eigenvalue weighted by molar-refractivity contribution is -0.118. The number of thioether (sulfide) groups is 1. The van der Waals surface area contributed by atoms with E-state index in [0.717, 1.165) is 25.7 Å². The minimum Gasteiger partial charge on any atom is -0.370 e. The summed E-state index contributed by atoms with van der Waals surface area (Å²) in [7, 11) is -3.52. The average molecular weight is 495 g/mol. The second kappa shape index (κ2) is 11.6. The number of benzene rings is 1. The number of hydrogen-bond acceptors (Lipinski definition) is 7. The van der Waals surface area contributed by atoms with Gasteiger partial charge in [0.2, 0.25) is 21.8 Å². The van der Waals surface area contributed by atoms with Crippen LogP contribution in [0.5, 0.6) is 0 Å². The predicted octanol–water partition coefficient (Wildman–Crippen LogP) is 2.01. The first kappa shape index (κ1) is 25.2. The lowest BCUT2D eigenvalue weighted by atomic mass is 10.2. The molecule has 2 heterocycles. The molecule has 3 rings (SSSR count). The van der Waals surface area contributed by atoms with Gasteiger partial charge in [-0.25, -0.2) is 8.42 Å². The van der Waals surface area contributed by atoms with E-state index in [-0.39, 0.29) is 23.0 Å². The highest BCUT2D eigenvalue weighted by atomic mass is 32.2. The Labute approximate surface area is 198 Å². The van der Waals surface area contributed by atoms with Gasteiger partial charge in [0.15, 0.2) is 5.16 Å². The summed E-state index contributed by atoms with van der Waals surface area (Å²) in [4.78, 5) is 23.6. The monoisotopic (exact) mass is 494 g/mol. The van der Waals surface area contributed by atoms with Crippen molar-refractivity contribution in [2.45, 2.75) is 62.0 Å². The number of carbonyl (C=O) groups excluding carboxylic acids is 2. The first-order chi connectivity index (χ1) is 15.8. The fraction of sp³-hybridized carbons (Fsp3) is 0.524. The van der Waals surface area contributed by atoms with E-state index in [4.69, 9.17) is 5.73 Å². The molecule has 1 aromatic heterocycles. The lowest BCUT2D eigenvalue weighted by Gasteiger charge is -2.20. The summed E-state index contributed by atoms with van der Waals surface area (Å²) in [6.45, 7) is 3.63. The molecule has 12 heteroatoms. The Bertz CT molecular complexity index is 1060. The fourth-order valence-corrected chi connectivity index (χ4v) is 5.97. The van der Waals surface area contributed by atoms with Crippen molar-refractivity contribution in [1.82, 2.24) is 19.1 Å². The van der Waals surface area contributed by atoms with Crippen molar-refractivity contribution in [3.05, 3.63) is 30.1 Å². The standard InChI is InChI=1S/C21H30N6O4S2/c1-2-27-19(12-11-18(22)28)24-25-21(27)32-15-20(29)23-16-7-9-17(10-8-16)33(30,31)26-13-5-3-4-6-14-26/h7-10H,2-6,11-15H2,1H3,(H2,22,28)(H,23,29). The molecule has 0 aliphatic carbocycles. The molecule has 0 unspecified atom stereocenters. The number of aromatic nitrogens is 3. The quantitative estimate of drug-likeness (QED) is 0.481. The maximum atomic E-state index is 12.9. The molecule has 10 nitrogen and oxygen atoms in total. The summed E-state index contributed by atoms with van der Waals surface area (Å²) in [6, 6.07) is 6.26. The summed E-state index contributed by atoms with van der Waals surface area (Å²) < 4.78 is 29.1. The van der Waals surface area contributed by atoms with Crippen molar-refractivity contribution in [3.63, 3.8) is 0 Å². The average Bonchev–Trinajstić information content (AvgIpc) is 2.97. The Kier molecular flexibility index (Phi) is 8.87. The number of primary amides is 1. The SMILES string of the molecule is CCn1c(CCC(N)=O)nnc1SCC(=O)Nc1ccc(S(=O)(=O)N2CCCCCC2)cc1. The molecular weight excluding hydrogens is 464 g/mol. The maximum absolute atomic E-state index is 12.9. The van der Waals surface area contributed by atoms with Gasteiger partial charge in [0.05, 0.1) is 10.6 Å². The Hall–Kier alpha value is -2.44. The number of nitrogens with zero attached hydrogens (tertiary/aromatic N) is 4. The van der Waals surface area contributed by atoms with Crippen LogP contribution in [0.4, 0.5) is 5.69 Å². The number of rotatable bonds is 10. The topological polar surface area (TPSA) is 140 Å². The van der Waals surface area contributed by atoms with Crippen LogP contribution in [0.2, 0.25) is 0 Å². The minimum atomic E-state index is -3.52. The lowest BCUT2D eigenvalue weighted by Crippen LogP contribution is -2.31. The largest absolute Gasteiger partial charge is 0.370 e. The summed E-state index contributed by atoms with van der Waals surface area (Å²) in [6.07, 6.45) is 4.45. The second-order valence-electron chi connectivity index (χ2n) is 7.79. The third-order valence-electron chi connectivity index (χ3n) is 5.38. The molecule has 1 aromatic carbocycles. The van der Waals surface area contributed by atoms with Crippen LogP contribution in [-0.4, -0.2) is 58.1 Å². The van der Waals surface area contributed by atoms with Crippen molar-refractivity contribution in [3.8, 4) is 0 Å². The van der Waals surface area contributed by atoms with Crippen molar-refractivity contribution >= 4 is 39.3 Å². The fourth-order valence-electron chi connectivity index (χ4n) is 3.63. The number of amides is 2. The van der Waals surface area contributed by atoms with Crippen molar-refractivity contribution in [2.24, 2.45) is 5.73 Å². The van der Waals surface area contributed by atoms with Gasteiger partial charge < -0.3 is 15.6 Å². The predicted molar refractivity (Wildman–Crippen MR) is 126 cm³/mol. The highest BCUT2D eigenvalue weighted by Crippen LogP contribution is 2.22. The molecule has 3 N–H and O–H groups in total. The van der Waals surface area contributed by atoms with Gasteiger partial charge in [-0.1, -0.05) is 24.6 Å². The third kappa shape index (κ3) is 6.78. The molecule has 0 spiro atoms. The number of anilines is 1. The van der Waals surface area contributed by atoms with Crippen LogP contribution < -0.4 is 11.1 Å². The molecule has 2 amide bonds. The molecule has 1 saturated heterocycles. The van der Waals surface area contributed by atoms with E-state index >= 15 is 0 Å². The van der Waals surface area contributed by atoms with E-state index in [1.165, 1.54) is 23.9 Å². The number of sulfonamides is 1. The normalized spacial score (nSPS) is 15.2. The summed E-state index contributed by atoms with van der Waals surface area (Å²) in [5.74, 6) is 0.120. The van der Waals surface area contributed by atoms with Crippen LogP contribution in [0.1, 0.15) is 44.9 Å². The zero-order chi connectivity index (χ0) is 23.8. The smallest absolute Gasteiger partial charge is 0.243 e. The highest BCUT2D eigenvalue weighted by Gasteiger charge is 2.25. The Morgan fingerprint density at radius 3 is 2.36 bits per heavy atom. The van der Waals surface area contributed by atoms with E-state index < -0.39 is 15.9 Å². The van der Waals surface area contributed by atoms with Gasteiger partial charge in [-0.2, -0.15) is 4.31 Å². The molecular formula is C21H30N6O4S2. The molecule has 0 bridgehead atoms. The third-order valence-corrected chi connectivity index (χ3v) is 8.26. The van der Waals surface area contributed by atoms with Gasteiger partial charge in [-0.15, -0.1) is 10.2 Å². The molecule has 0 radical (unpaired) electrons. The summed E-state index contributed by atoms with van der Waals surface area (Å²) in [5.41, 5.74) is 5.72. The number of hydrogen-bond donors (Lipinski definition) is 2. The summed E-state index contributed by atoms with van der Waals surface area (Å²) >= 11 is 1.24. The Morgan fingerprint density at radius 1 is 1.09 bits per heavy atom. The van der Waals surface area contributed by atoms with Gasteiger partial charge in [0.25, 0.3) is 0 Å². The molecule has 180 valence electrons.